The van der Waals surface area contributed by atoms with E-state index in [4.69, 9.17) is 11.0 Å². The average molecular weight is 193 g/mol. The normalized spacial score (nSPS) is 9.79. The van der Waals surface area contributed by atoms with Gasteiger partial charge < -0.3 is 11.1 Å². The Kier molecular flexibility index (Phi) is 3.35. The van der Waals surface area contributed by atoms with Crippen LogP contribution in [0.4, 0.5) is 11.6 Å². The van der Waals surface area contributed by atoms with Crippen molar-refractivity contribution in [1.82, 2.24) is 9.78 Å². The van der Waals surface area contributed by atoms with Gasteiger partial charge in [-0.1, -0.05) is 6.92 Å². The summed E-state index contributed by atoms with van der Waals surface area (Å²) in [4.78, 5) is 0. The van der Waals surface area contributed by atoms with Crippen molar-refractivity contribution in [1.29, 1.82) is 5.26 Å². The molecule has 0 aliphatic rings. The van der Waals surface area contributed by atoms with Crippen molar-refractivity contribution in [2.45, 2.75) is 26.8 Å². The first kappa shape index (κ1) is 10.4. The molecule has 1 aromatic rings. The van der Waals surface area contributed by atoms with Crippen molar-refractivity contribution >= 4 is 11.6 Å². The van der Waals surface area contributed by atoms with Gasteiger partial charge in [0.25, 0.3) is 0 Å². The summed E-state index contributed by atoms with van der Waals surface area (Å²) in [6, 6.07) is 2.06. The van der Waals surface area contributed by atoms with Crippen LogP contribution in [0.15, 0.2) is 0 Å². The fourth-order valence-corrected chi connectivity index (χ4v) is 1.26. The largest absolute Gasteiger partial charge is 0.383 e. The quantitative estimate of drug-likeness (QED) is 0.752. The van der Waals surface area contributed by atoms with Crippen LogP contribution >= 0.6 is 0 Å². The molecule has 5 heteroatoms. The predicted molar refractivity (Wildman–Crippen MR) is 55.8 cm³/mol. The van der Waals surface area contributed by atoms with Crippen molar-refractivity contribution < 1.29 is 0 Å². The summed E-state index contributed by atoms with van der Waals surface area (Å²) in [5.41, 5.74) is 6.21. The third-order valence-corrected chi connectivity index (χ3v) is 1.88. The molecule has 0 radical (unpaired) electrons. The Morgan fingerprint density at radius 2 is 2.29 bits per heavy atom. The minimum atomic E-state index is 0.445. The number of nitrogens with two attached hydrogens (primary N) is 1. The zero-order valence-electron chi connectivity index (χ0n) is 8.54. The number of anilines is 2. The lowest BCUT2D eigenvalue weighted by Gasteiger charge is -1.99. The van der Waals surface area contributed by atoms with Gasteiger partial charge in [0.2, 0.25) is 0 Å². The number of aryl methyl sites for hydroxylation is 1. The van der Waals surface area contributed by atoms with Crippen LogP contribution in [0.25, 0.3) is 0 Å². The van der Waals surface area contributed by atoms with Gasteiger partial charge in [0.05, 0.1) is 0 Å². The van der Waals surface area contributed by atoms with Crippen LogP contribution in [-0.2, 0) is 6.54 Å². The van der Waals surface area contributed by atoms with Crippen LogP contribution in [0.5, 0.6) is 0 Å². The minimum absolute atomic E-state index is 0.445. The standard InChI is InChI=1S/C9H15N5/c1-3-5-14-8(11)7(6-10)9(13-14)12-4-2/h3-5,11H2,1-2H3,(H,12,13). The molecule has 0 fully saturated rings. The van der Waals surface area contributed by atoms with E-state index in [-0.39, 0.29) is 0 Å². The Bertz CT molecular complexity index is 347. The molecule has 76 valence electrons. The minimum Gasteiger partial charge on any atom is -0.383 e. The zero-order chi connectivity index (χ0) is 10.6. The molecule has 0 atom stereocenters. The van der Waals surface area contributed by atoms with Gasteiger partial charge in [0.1, 0.15) is 17.5 Å². The molecule has 1 heterocycles. The average Bonchev–Trinajstić information content (AvgIpc) is 2.45. The summed E-state index contributed by atoms with van der Waals surface area (Å²) in [5, 5.41) is 16.1. The van der Waals surface area contributed by atoms with Crippen molar-refractivity contribution in [3.05, 3.63) is 5.56 Å². The molecule has 0 amide bonds. The number of nitrogens with one attached hydrogen (secondary N) is 1. The van der Waals surface area contributed by atoms with Crippen LogP contribution in [-0.4, -0.2) is 16.3 Å². The first-order chi connectivity index (χ1) is 6.74. The molecular weight excluding hydrogens is 178 g/mol. The highest BCUT2D eigenvalue weighted by atomic mass is 15.3. The second-order valence-corrected chi connectivity index (χ2v) is 2.97. The molecule has 0 bridgehead atoms. The Hall–Kier alpha value is -1.70. The first-order valence-corrected chi connectivity index (χ1v) is 4.74. The second-order valence-electron chi connectivity index (χ2n) is 2.97. The fraction of sp³-hybridized carbons (Fsp3) is 0.556. The van der Waals surface area contributed by atoms with Crippen LogP contribution in [0.2, 0.25) is 0 Å². The molecule has 14 heavy (non-hydrogen) atoms. The molecule has 1 rings (SSSR count). The van der Waals surface area contributed by atoms with E-state index in [0.29, 0.717) is 17.2 Å². The number of hydrogen-bond donors (Lipinski definition) is 2. The number of hydrogen-bond acceptors (Lipinski definition) is 4. The molecule has 0 aliphatic heterocycles. The maximum atomic E-state index is 8.88. The molecule has 5 nitrogen and oxygen atoms in total. The third-order valence-electron chi connectivity index (χ3n) is 1.88. The maximum absolute atomic E-state index is 8.88. The Labute approximate surface area is 83.5 Å². The summed E-state index contributed by atoms with van der Waals surface area (Å²) in [6.07, 6.45) is 0.947. The van der Waals surface area contributed by atoms with Gasteiger partial charge in [-0.3, -0.25) is 0 Å². The van der Waals surface area contributed by atoms with E-state index < -0.39 is 0 Å². The summed E-state index contributed by atoms with van der Waals surface area (Å²) in [5.74, 6) is 1.03. The molecule has 1 aromatic heterocycles. The van der Waals surface area contributed by atoms with Gasteiger partial charge in [0, 0.05) is 13.1 Å². The van der Waals surface area contributed by atoms with Crippen LogP contribution in [0, 0.1) is 11.3 Å². The number of rotatable bonds is 4. The Morgan fingerprint density at radius 3 is 2.79 bits per heavy atom. The van der Waals surface area contributed by atoms with Gasteiger partial charge in [-0.2, -0.15) is 10.4 Å². The topological polar surface area (TPSA) is 79.7 Å². The lowest BCUT2D eigenvalue weighted by Crippen LogP contribution is -2.04. The van der Waals surface area contributed by atoms with Gasteiger partial charge in [-0.05, 0) is 13.3 Å². The van der Waals surface area contributed by atoms with Crippen molar-refractivity contribution in [2.24, 2.45) is 0 Å². The second kappa shape index (κ2) is 4.51. The number of nitriles is 1. The lowest BCUT2D eigenvalue weighted by molar-refractivity contribution is 0.612. The van der Waals surface area contributed by atoms with E-state index in [2.05, 4.69) is 16.5 Å². The molecule has 3 N–H and O–H groups in total. The number of nitrogens with zero attached hydrogens (tertiary/aromatic N) is 3. The van der Waals surface area contributed by atoms with Crippen molar-refractivity contribution in [3.8, 4) is 6.07 Å². The SMILES string of the molecule is CCCn1nc(NCC)c(C#N)c1N. The van der Waals surface area contributed by atoms with Crippen LogP contribution in [0.1, 0.15) is 25.8 Å². The predicted octanol–water partition coefficient (Wildman–Crippen LogP) is 1.18. The summed E-state index contributed by atoms with van der Waals surface area (Å²) >= 11 is 0. The van der Waals surface area contributed by atoms with E-state index >= 15 is 0 Å². The van der Waals surface area contributed by atoms with E-state index in [1.165, 1.54) is 0 Å². The lowest BCUT2D eigenvalue weighted by atomic mass is 10.3. The third kappa shape index (κ3) is 1.79. The zero-order valence-corrected chi connectivity index (χ0v) is 8.54. The fourth-order valence-electron chi connectivity index (χ4n) is 1.26. The highest BCUT2D eigenvalue weighted by Crippen LogP contribution is 2.20. The van der Waals surface area contributed by atoms with E-state index in [0.717, 1.165) is 19.5 Å². The van der Waals surface area contributed by atoms with Gasteiger partial charge in [0.15, 0.2) is 5.82 Å². The maximum Gasteiger partial charge on any atom is 0.168 e. The van der Waals surface area contributed by atoms with Crippen LogP contribution < -0.4 is 11.1 Å². The first-order valence-electron chi connectivity index (χ1n) is 4.74. The van der Waals surface area contributed by atoms with Gasteiger partial charge in [-0.25, -0.2) is 4.68 Å². The highest BCUT2D eigenvalue weighted by molar-refractivity contribution is 5.63. The van der Waals surface area contributed by atoms with Crippen LogP contribution in [0.3, 0.4) is 0 Å². The molecule has 0 saturated heterocycles. The molecule has 0 aromatic carbocycles. The Morgan fingerprint density at radius 1 is 1.57 bits per heavy atom. The Balaban J connectivity index is 3.06. The van der Waals surface area contributed by atoms with E-state index in [1.807, 2.05) is 13.8 Å². The summed E-state index contributed by atoms with van der Waals surface area (Å²) in [6.45, 7) is 5.47. The van der Waals surface area contributed by atoms with Gasteiger partial charge in [-0.15, -0.1) is 0 Å². The molecule has 0 aliphatic carbocycles. The van der Waals surface area contributed by atoms with E-state index in [9.17, 15) is 0 Å². The molecule has 0 saturated carbocycles. The molecular formula is C9H15N5. The highest BCUT2D eigenvalue weighted by Gasteiger charge is 2.13. The monoisotopic (exact) mass is 193 g/mol. The number of aromatic nitrogens is 2. The molecule has 0 unspecified atom stereocenters. The summed E-state index contributed by atoms with van der Waals surface area (Å²) < 4.78 is 1.66. The van der Waals surface area contributed by atoms with E-state index in [1.54, 1.807) is 4.68 Å². The van der Waals surface area contributed by atoms with Gasteiger partial charge >= 0.3 is 0 Å². The number of nitrogen functional groups attached to an aromatic ring is 1. The molecule has 0 spiro atoms. The van der Waals surface area contributed by atoms with Crippen molar-refractivity contribution in [2.75, 3.05) is 17.6 Å². The van der Waals surface area contributed by atoms with Crippen molar-refractivity contribution in [3.63, 3.8) is 0 Å². The summed E-state index contributed by atoms with van der Waals surface area (Å²) in [7, 11) is 0. The smallest absolute Gasteiger partial charge is 0.168 e.